The van der Waals surface area contributed by atoms with Crippen molar-refractivity contribution in [1.82, 2.24) is 14.3 Å². The lowest BCUT2D eigenvalue weighted by molar-refractivity contribution is -0.119. The van der Waals surface area contributed by atoms with Crippen molar-refractivity contribution < 1.29 is 13.2 Å². The molecule has 0 saturated carbocycles. The van der Waals surface area contributed by atoms with E-state index in [0.29, 0.717) is 19.4 Å². The topological polar surface area (TPSA) is 84.3 Å². The minimum atomic E-state index is -3.71. The zero-order chi connectivity index (χ0) is 27.6. The molecular formula is C30H34N4O3S2. The van der Waals surface area contributed by atoms with Gasteiger partial charge in [-0.1, -0.05) is 25.1 Å². The maximum atomic E-state index is 13.8. The summed E-state index contributed by atoms with van der Waals surface area (Å²) in [6, 6.07) is 14.7. The molecule has 1 N–H and O–H groups in total. The number of sulfonamides is 1. The van der Waals surface area contributed by atoms with Crippen LogP contribution in [0.5, 0.6) is 0 Å². The van der Waals surface area contributed by atoms with Gasteiger partial charge in [0.15, 0.2) is 0 Å². The van der Waals surface area contributed by atoms with Crippen LogP contribution < -0.4 is 9.62 Å². The highest BCUT2D eigenvalue weighted by molar-refractivity contribution is 7.89. The van der Waals surface area contributed by atoms with E-state index in [2.05, 4.69) is 28.1 Å². The van der Waals surface area contributed by atoms with Crippen molar-refractivity contribution in [2.45, 2.75) is 62.9 Å². The third kappa shape index (κ3) is 6.16. The highest BCUT2D eigenvalue weighted by Gasteiger charge is 2.28. The minimum absolute atomic E-state index is 0.00403. The van der Waals surface area contributed by atoms with Crippen molar-refractivity contribution in [3.05, 3.63) is 99.8 Å². The van der Waals surface area contributed by atoms with Gasteiger partial charge in [0.05, 0.1) is 11.4 Å². The Bertz CT molecular complexity index is 1560. The number of rotatable bonds is 9. The number of amides is 1. The van der Waals surface area contributed by atoms with Gasteiger partial charge in [-0.05, 0) is 95.4 Å². The van der Waals surface area contributed by atoms with Crippen LogP contribution in [-0.4, -0.2) is 23.9 Å². The average molecular weight is 563 g/mol. The Balaban J connectivity index is 1.46. The molecule has 7 nitrogen and oxygen atoms in total. The Morgan fingerprint density at radius 3 is 2.79 bits per heavy atom. The zero-order valence-corrected chi connectivity index (χ0v) is 24.1. The molecule has 0 fully saturated rings. The summed E-state index contributed by atoms with van der Waals surface area (Å²) in [5, 5.41) is 4.12. The van der Waals surface area contributed by atoms with Crippen molar-refractivity contribution in [3.8, 4) is 0 Å². The van der Waals surface area contributed by atoms with Crippen LogP contribution in [0.3, 0.4) is 0 Å². The van der Waals surface area contributed by atoms with Crippen molar-refractivity contribution in [3.63, 3.8) is 0 Å². The van der Waals surface area contributed by atoms with Crippen LogP contribution in [0.4, 0.5) is 5.69 Å². The van der Waals surface area contributed by atoms with Crippen LogP contribution in [0.2, 0.25) is 0 Å². The number of anilines is 1. The predicted molar refractivity (Wildman–Crippen MR) is 155 cm³/mol. The van der Waals surface area contributed by atoms with E-state index < -0.39 is 10.0 Å². The Kier molecular flexibility index (Phi) is 8.02. The average Bonchev–Trinajstić information content (AvgIpc) is 3.59. The van der Waals surface area contributed by atoms with E-state index in [1.165, 1.54) is 0 Å². The molecule has 39 heavy (non-hydrogen) atoms. The van der Waals surface area contributed by atoms with Crippen molar-refractivity contribution in [2.24, 2.45) is 7.05 Å². The number of hydrogen-bond donors (Lipinski definition) is 1. The summed E-state index contributed by atoms with van der Waals surface area (Å²) in [4.78, 5) is 20.3. The normalized spacial score (nSPS) is 16.0. The van der Waals surface area contributed by atoms with E-state index in [0.717, 1.165) is 46.6 Å². The number of benzene rings is 2. The lowest BCUT2D eigenvalue weighted by Crippen LogP contribution is -2.34. The van der Waals surface area contributed by atoms with E-state index in [9.17, 15) is 13.2 Å². The molecule has 4 aromatic rings. The first-order valence-corrected chi connectivity index (χ1v) is 15.6. The fraction of sp³-hybridized carbons (Fsp3) is 0.333. The summed E-state index contributed by atoms with van der Waals surface area (Å²) >= 11 is 1.63. The summed E-state index contributed by atoms with van der Waals surface area (Å²) in [5.41, 5.74) is 4.84. The van der Waals surface area contributed by atoms with Gasteiger partial charge in [-0.2, -0.15) is 11.3 Å². The van der Waals surface area contributed by atoms with Gasteiger partial charge in [-0.3, -0.25) is 4.79 Å². The van der Waals surface area contributed by atoms with E-state index in [-0.39, 0.29) is 22.8 Å². The quantitative estimate of drug-likeness (QED) is 0.276. The maximum absolute atomic E-state index is 13.8. The Labute approximate surface area is 234 Å². The Hall–Kier alpha value is -3.27. The minimum Gasteiger partial charge on any atom is -0.337 e. The fourth-order valence-corrected chi connectivity index (χ4v) is 7.31. The fourth-order valence-electron chi connectivity index (χ4n) is 5.17. The molecule has 2 aromatic heterocycles. The molecule has 1 aliphatic rings. The van der Waals surface area contributed by atoms with Gasteiger partial charge in [0.1, 0.15) is 5.82 Å². The number of imidazole rings is 1. The van der Waals surface area contributed by atoms with E-state index >= 15 is 0 Å². The molecule has 0 aliphatic heterocycles. The number of aromatic nitrogens is 2. The largest absolute Gasteiger partial charge is 0.337 e. The maximum Gasteiger partial charge on any atom is 0.241 e. The number of carbonyl (C=O) groups is 1. The van der Waals surface area contributed by atoms with Crippen LogP contribution in [-0.2, 0) is 34.8 Å². The molecule has 2 atom stereocenters. The third-order valence-electron chi connectivity index (χ3n) is 7.47. The van der Waals surface area contributed by atoms with Crippen molar-refractivity contribution >= 4 is 33.0 Å². The first kappa shape index (κ1) is 27.3. The smallest absolute Gasteiger partial charge is 0.241 e. The molecule has 0 saturated heterocycles. The Morgan fingerprint density at radius 1 is 1.23 bits per heavy atom. The van der Waals surface area contributed by atoms with Gasteiger partial charge < -0.3 is 9.47 Å². The summed E-state index contributed by atoms with van der Waals surface area (Å²) < 4.78 is 31.4. The summed E-state index contributed by atoms with van der Waals surface area (Å²) in [6.45, 7) is 4.28. The van der Waals surface area contributed by atoms with E-state index in [1.807, 2.05) is 54.4 Å². The first-order valence-electron chi connectivity index (χ1n) is 13.2. The highest BCUT2D eigenvalue weighted by Crippen LogP contribution is 2.35. The van der Waals surface area contributed by atoms with Gasteiger partial charge in [0.25, 0.3) is 0 Å². The number of aryl methyl sites for hydroxylation is 3. The molecule has 0 radical (unpaired) electrons. The van der Waals surface area contributed by atoms with Crippen LogP contribution in [0.15, 0.2) is 76.6 Å². The lowest BCUT2D eigenvalue weighted by Gasteiger charge is -2.30. The number of nitrogens with zero attached hydrogens (tertiary/aromatic N) is 3. The molecule has 9 heteroatoms. The zero-order valence-electron chi connectivity index (χ0n) is 22.5. The monoisotopic (exact) mass is 562 g/mol. The number of nitrogens with one attached hydrogen (secondary N) is 1. The highest BCUT2D eigenvalue weighted by atomic mass is 32.2. The number of carbonyl (C=O) groups excluding carboxylic acids is 1. The Morgan fingerprint density at radius 2 is 2.08 bits per heavy atom. The van der Waals surface area contributed by atoms with Gasteiger partial charge in [0, 0.05) is 37.6 Å². The molecule has 5 rings (SSSR count). The second-order valence-electron chi connectivity index (χ2n) is 10.4. The second kappa shape index (κ2) is 11.5. The van der Waals surface area contributed by atoms with E-state index in [4.69, 9.17) is 0 Å². The molecule has 0 bridgehead atoms. The molecule has 1 amide bonds. The van der Waals surface area contributed by atoms with Gasteiger partial charge >= 0.3 is 0 Å². The van der Waals surface area contributed by atoms with Crippen LogP contribution in [0.25, 0.3) is 0 Å². The summed E-state index contributed by atoms with van der Waals surface area (Å²) in [7, 11) is -1.79. The molecule has 2 aromatic carbocycles. The molecule has 0 spiro atoms. The van der Waals surface area contributed by atoms with Gasteiger partial charge in [-0.15, -0.1) is 0 Å². The van der Waals surface area contributed by atoms with Crippen molar-refractivity contribution in [1.29, 1.82) is 0 Å². The van der Waals surface area contributed by atoms with Crippen LogP contribution >= 0.6 is 11.3 Å². The van der Waals surface area contributed by atoms with Crippen LogP contribution in [0, 0.1) is 6.92 Å². The summed E-state index contributed by atoms with van der Waals surface area (Å²) in [6.07, 6.45) is 6.43. The molecule has 2 heterocycles. The molecular weight excluding hydrogens is 528 g/mol. The standard InChI is InChI=1S/C30H34N4O3S2/c1-21-6-4-8-26(16-21)39(36,37)32-28-9-5-7-23-10-11-25(18-27(23)28)34(19-29-31-13-14-33(29)3)30(35)17-22(2)24-12-15-38-20-24/h4,6,8,10-16,18,20,22,28,32H,5,7,9,17,19H2,1-3H3/t22-,28+/m1/s1. The van der Waals surface area contributed by atoms with Gasteiger partial charge in [-0.25, -0.2) is 18.1 Å². The molecule has 0 unspecified atom stereocenters. The van der Waals surface area contributed by atoms with E-state index in [1.54, 1.807) is 40.6 Å². The molecule has 1 aliphatic carbocycles. The number of hydrogen-bond acceptors (Lipinski definition) is 5. The third-order valence-corrected chi connectivity index (χ3v) is 9.64. The number of thiophene rings is 1. The lowest BCUT2D eigenvalue weighted by atomic mass is 9.87. The number of fused-ring (bicyclic) bond motifs is 1. The van der Waals surface area contributed by atoms with Crippen LogP contribution in [0.1, 0.15) is 66.2 Å². The summed E-state index contributed by atoms with van der Waals surface area (Å²) in [5.74, 6) is 0.865. The first-order chi connectivity index (χ1) is 18.7. The molecule has 204 valence electrons. The predicted octanol–water partition coefficient (Wildman–Crippen LogP) is 5.87. The second-order valence-corrected chi connectivity index (χ2v) is 12.9. The van der Waals surface area contributed by atoms with Crippen molar-refractivity contribution in [2.75, 3.05) is 4.90 Å². The van der Waals surface area contributed by atoms with Gasteiger partial charge in [0.2, 0.25) is 15.9 Å². The SMILES string of the molecule is Cc1cccc(S(=O)(=O)N[C@H]2CCCc3ccc(N(Cc4nccn4C)C(=O)C[C@@H](C)c4ccsc4)cc32)c1.